The van der Waals surface area contributed by atoms with Gasteiger partial charge in [-0.2, -0.15) is 0 Å². The van der Waals surface area contributed by atoms with E-state index >= 15 is 0 Å². The summed E-state index contributed by atoms with van der Waals surface area (Å²) < 4.78 is 5.06. The maximum absolute atomic E-state index is 11.2. The summed E-state index contributed by atoms with van der Waals surface area (Å²) in [6.07, 6.45) is 1.64. The highest BCUT2D eigenvalue weighted by atomic mass is 16.5. The Labute approximate surface area is 76.8 Å². The first-order valence-corrected chi connectivity index (χ1v) is 4.19. The molecule has 0 saturated carbocycles. The zero-order valence-corrected chi connectivity index (χ0v) is 7.41. The Morgan fingerprint density at radius 2 is 2.31 bits per heavy atom. The van der Waals surface area contributed by atoms with Crippen LogP contribution in [-0.4, -0.2) is 5.97 Å². The van der Waals surface area contributed by atoms with Crippen LogP contribution in [0.2, 0.25) is 0 Å². The van der Waals surface area contributed by atoms with Gasteiger partial charge in [-0.15, -0.1) is 0 Å². The molecule has 1 aromatic rings. The molecule has 2 heteroatoms. The fourth-order valence-electron chi connectivity index (χ4n) is 1.52. The predicted molar refractivity (Wildman–Crippen MR) is 50.4 cm³/mol. The molecule has 1 aromatic carbocycles. The number of carbonyl (C=O) groups excluding carboxylic acids is 1. The quantitative estimate of drug-likeness (QED) is 0.611. The number of hydrogen-bond acceptors (Lipinski definition) is 2. The smallest absolute Gasteiger partial charge is 0.339 e. The van der Waals surface area contributed by atoms with Crippen LogP contribution in [-0.2, 0) is 4.74 Å². The second-order valence-electron chi connectivity index (χ2n) is 3.10. The van der Waals surface area contributed by atoms with E-state index in [4.69, 9.17) is 4.74 Å². The van der Waals surface area contributed by atoms with Gasteiger partial charge in [0.25, 0.3) is 0 Å². The summed E-state index contributed by atoms with van der Waals surface area (Å²) in [4.78, 5) is 11.2. The van der Waals surface area contributed by atoms with Gasteiger partial charge in [0.15, 0.2) is 0 Å². The van der Waals surface area contributed by atoms with Crippen LogP contribution >= 0.6 is 0 Å². The minimum absolute atomic E-state index is 0.123. The lowest BCUT2D eigenvalue weighted by atomic mass is 10.0. The standard InChI is InChI=1S/C11H10O2/c1-3-8-4-5-9-10(6-8)7(2)13-11(9)12/h3-7H,1H2,2H3. The topological polar surface area (TPSA) is 26.3 Å². The normalized spacial score (nSPS) is 19.5. The number of carbonyl (C=O) groups is 1. The fraction of sp³-hybridized carbons (Fsp3) is 0.182. The molecule has 0 aromatic heterocycles. The first-order valence-electron chi connectivity index (χ1n) is 4.19. The molecule has 2 rings (SSSR count). The Balaban J connectivity index is 2.58. The zero-order chi connectivity index (χ0) is 9.42. The van der Waals surface area contributed by atoms with Gasteiger partial charge in [-0.05, 0) is 24.6 Å². The average molecular weight is 174 g/mol. The number of esters is 1. The predicted octanol–water partition coefficient (Wildman–Crippen LogP) is 2.56. The van der Waals surface area contributed by atoms with Gasteiger partial charge < -0.3 is 4.74 Å². The van der Waals surface area contributed by atoms with Crippen LogP contribution in [0.3, 0.4) is 0 Å². The molecular weight excluding hydrogens is 164 g/mol. The van der Waals surface area contributed by atoms with Gasteiger partial charge in [0.1, 0.15) is 6.10 Å². The van der Waals surface area contributed by atoms with Crippen molar-refractivity contribution in [2.45, 2.75) is 13.0 Å². The number of ether oxygens (including phenoxy) is 1. The van der Waals surface area contributed by atoms with E-state index in [1.807, 2.05) is 19.1 Å². The van der Waals surface area contributed by atoms with Gasteiger partial charge >= 0.3 is 5.97 Å². The molecule has 0 aliphatic carbocycles. The number of benzene rings is 1. The Kier molecular flexibility index (Phi) is 1.69. The monoisotopic (exact) mass is 174 g/mol. The van der Waals surface area contributed by atoms with Crippen molar-refractivity contribution in [1.82, 2.24) is 0 Å². The van der Waals surface area contributed by atoms with Crippen molar-refractivity contribution in [1.29, 1.82) is 0 Å². The van der Waals surface area contributed by atoms with Crippen LogP contribution in [0.15, 0.2) is 24.8 Å². The lowest BCUT2D eigenvalue weighted by molar-refractivity contribution is 0.0422. The van der Waals surface area contributed by atoms with Gasteiger partial charge in [-0.25, -0.2) is 4.79 Å². The van der Waals surface area contributed by atoms with Gasteiger partial charge in [-0.3, -0.25) is 0 Å². The average Bonchev–Trinajstić information content (AvgIpc) is 2.42. The van der Waals surface area contributed by atoms with Crippen molar-refractivity contribution in [2.75, 3.05) is 0 Å². The highest BCUT2D eigenvalue weighted by Gasteiger charge is 2.27. The second-order valence-corrected chi connectivity index (χ2v) is 3.10. The van der Waals surface area contributed by atoms with Gasteiger partial charge in [0.2, 0.25) is 0 Å². The van der Waals surface area contributed by atoms with E-state index in [0.29, 0.717) is 5.56 Å². The molecule has 1 aliphatic heterocycles. The summed E-state index contributed by atoms with van der Waals surface area (Å²) in [5.74, 6) is -0.224. The van der Waals surface area contributed by atoms with E-state index in [9.17, 15) is 4.79 Å². The molecule has 13 heavy (non-hydrogen) atoms. The summed E-state index contributed by atoms with van der Waals surface area (Å²) >= 11 is 0. The minimum Gasteiger partial charge on any atom is -0.454 e. The lowest BCUT2D eigenvalue weighted by Gasteiger charge is -2.02. The van der Waals surface area contributed by atoms with Gasteiger partial charge in [0, 0.05) is 5.56 Å². The van der Waals surface area contributed by atoms with E-state index < -0.39 is 0 Å². The van der Waals surface area contributed by atoms with Crippen LogP contribution in [0, 0.1) is 0 Å². The van der Waals surface area contributed by atoms with Crippen LogP contribution in [0.25, 0.3) is 6.08 Å². The summed E-state index contributed by atoms with van der Waals surface area (Å²) in [6, 6.07) is 5.60. The molecule has 0 fully saturated rings. The van der Waals surface area contributed by atoms with E-state index in [1.54, 1.807) is 12.1 Å². The first kappa shape index (κ1) is 8.05. The highest BCUT2D eigenvalue weighted by molar-refractivity contribution is 5.94. The molecule has 1 aliphatic rings. The molecular formula is C11H10O2. The van der Waals surface area contributed by atoms with Gasteiger partial charge in [-0.1, -0.05) is 18.7 Å². The van der Waals surface area contributed by atoms with Crippen LogP contribution < -0.4 is 0 Å². The van der Waals surface area contributed by atoms with Crippen LogP contribution in [0.1, 0.15) is 34.5 Å². The fourth-order valence-corrected chi connectivity index (χ4v) is 1.52. The molecule has 2 nitrogen and oxygen atoms in total. The molecule has 1 unspecified atom stereocenters. The minimum atomic E-state index is -0.224. The lowest BCUT2D eigenvalue weighted by Crippen LogP contribution is -1.93. The maximum atomic E-state index is 11.2. The highest BCUT2D eigenvalue weighted by Crippen LogP contribution is 2.30. The van der Waals surface area contributed by atoms with Crippen LogP contribution in [0.4, 0.5) is 0 Å². The van der Waals surface area contributed by atoms with E-state index in [2.05, 4.69) is 6.58 Å². The van der Waals surface area contributed by atoms with E-state index in [1.165, 1.54) is 0 Å². The van der Waals surface area contributed by atoms with Crippen molar-refractivity contribution in [3.63, 3.8) is 0 Å². The Bertz CT molecular complexity index is 380. The van der Waals surface area contributed by atoms with Crippen LogP contribution in [0.5, 0.6) is 0 Å². The third kappa shape index (κ3) is 1.15. The number of fused-ring (bicyclic) bond motifs is 1. The zero-order valence-electron chi connectivity index (χ0n) is 7.41. The number of rotatable bonds is 1. The Hall–Kier alpha value is -1.57. The molecule has 66 valence electrons. The van der Waals surface area contributed by atoms with Crippen molar-refractivity contribution >= 4 is 12.0 Å². The second kappa shape index (κ2) is 2.73. The van der Waals surface area contributed by atoms with Crippen molar-refractivity contribution in [3.8, 4) is 0 Å². The maximum Gasteiger partial charge on any atom is 0.339 e. The summed E-state index contributed by atoms with van der Waals surface area (Å²) in [5, 5.41) is 0. The molecule has 0 saturated heterocycles. The molecule has 0 radical (unpaired) electrons. The molecule has 0 amide bonds. The van der Waals surface area contributed by atoms with E-state index in [-0.39, 0.29) is 12.1 Å². The van der Waals surface area contributed by atoms with E-state index in [0.717, 1.165) is 11.1 Å². The van der Waals surface area contributed by atoms with Crippen molar-refractivity contribution in [3.05, 3.63) is 41.5 Å². The summed E-state index contributed by atoms with van der Waals surface area (Å²) in [6.45, 7) is 5.55. The van der Waals surface area contributed by atoms with Crippen molar-refractivity contribution in [2.24, 2.45) is 0 Å². The summed E-state index contributed by atoms with van der Waals surface area (Å²) in [5.41, 5.74) is 2.66. The summed E-state index contributed by atoms with van der Waals surface area (Å²) in [7, 11) is 0. The first-order chi connectivity index (χ1) is 6.22. The van der Waals surface area contributed by atoms with Gasteiger partial charge in [0.05, 0.1) is 5.56 Å². The van der Waals surface area contributed by atoms with Crippen molar-refractivity contribution < 1.29 is 9.53 Å². The Morgan fingerprint density at radius 1 is 1.54 bits per heavy atom. The molecule has 1 atom stereocenters. The number of cyclic esters (lactones) is 1. The number of hydrogen-bond donors (Lipinski definition) is 0. The third-order valence-corrected chi connectivity index (χ3v) is 2.25. The molecule has 0 bridgehead atoms. The third-order valence-electron chi connectivity index (χ3n) is 2.25. The Morgan fingerprint density at radius 3 is 3.00 bits per heavy atom. The molecule has 1 heterocycles. The SMILES string of the molecule is C=Cc1ccc2c(c1)C(C)OC2=O. The molecule has 0 N–H and O–H groups in total. The molecule has 0 spiro atoms. The largest absolute Gasteiger partial charge is 0.454 e.